The highest BCUT2D eigenvalue weighted by molar-refractivity contribution is 6.06. The minimum Gasteiger partial charge on any atom is -0.465 e. The van der Waals surface area contributed by atoms with E-state index in [9.17, 15) is 9.59 Å². The maximum absolute atomic E-state index is 11.9. The molecule has 0 saturated heterocycles. The zero-order chi connectivity index (χ0) is 15.2. The van der Waals surface area contributed by atoms with Crippen molar-refractivity contribution in [3.63, 3.8) is 0 Å². The van der Waals surface area contributed by atoms with Crippen LogP contribution >= 0.6 is 0 Å². The van der Waals surface area contributed by atoms with Crippen LogP contribution < -0.4 is 5.32 Å². The summed E-state index contributed by atoms with van der Waals surface area (Å²) in [6.07, 6.45) is 4.40. The number of hydrogen-bond donors (Lipinski definition) is 1. The maximum Gasteiger partial charge on any atom is 0.339 e. The standard InChI is InChI=1S/C16H15NO4/c1-11-5-7-14(13(10-11)16(19)20-2)17-15(18)8-6-12-4-3-9-21-12/h3-10H,1-2H3,(H,17,18)/b8-6+. The average Bonchev–Trinajstić information content (AvgIpc) is 2.99. The molecule has 5 nitrogen and oxygen atoms in total. The average molecular weight is 285 g/mol. The highest BCUT2D eigenvalue weighted by Gasteiger charge is 2.13. The van der Waals surface area contributed by atoms with E-state index in [4.69, 9.17) is 9.15 Å². The lowest BCUT2D eigenvalue weighted by Gasteiger charge is -2.09. The summed E-state index contributed by atoms with van der Waals surface area (Å²) in [5, 5.41) is 2.65. The summed E-state index contributed by atoms with van der Waals surface area (Å²) in [6.45, 7) is 1.86. The van der Waals surface area contributed by atoms with Crippen LogP contribution in [0.3, 0.4) is 0 Å². The first kappa shape index (κ1) is 14.6. The Labute approximate surface area is 122 Å². The fourth-order valence-corrected chi connectivity index (χ4v) is 1.76. The van der Waals surface area contributed by atoms with Gasteiger partial charge in [0.2, 0.25) is 5.91 Å². The summed E-state index contributed by atoms with van der Waals surface area (Å²) < 4.78 is 9.80. The van der Waals surface area contributed by atoms with Crippen LogP contribution in [0, 0.1) is 6.92 Å². The zero-order valence-electron chi connectivity index (χ0n) is 11.8. The maximum atomic E-state index is 11.9. The number of rotatable bonds is 4. The van der Waals surface area contributed by atoms with Gasteiger partial charge in [-0.05, 0) is 37.3 Å². The molecular weight excluding hydrogens is 270 g/mol. The summed E-state index contributed by atoms with van der Waals surface area (Å²) in [4.78, 5) is 23.6. The van der Waals surface area contributed by atoms with E-state index in [1.54, 1.807) is 36.4 Å². The van der Waals surface area contributed by atoms with Gasteiger partial charge in [-0.25, -0.2) is 4.79 Å². The minimum absolute atomic E-state index is 0.317. The first-order valence-corrected chi connectivity index (χ1v) is 6.31. The van der Waals surface area contributed by atoms with Crippen molar-refractivity contribution in [1.82, 2.24) is 0 Å². The molecule has 1 aromatic heterocycles. The van der Waals surface area contributed by atoms with Crippen LogP contribution in [0.2, 0.25) is 0 Å². The van der Waals surface area contributed by atoms with Crippen LogP contribution in [0.1, 0.15) is 21.7 Å². The number of amides is 1. The number of ether oxygens (including phenoxy) is 1. The molecule has 0 unspecified atom stereocenters. The van der Waals surface area contributed by atoms with E-state index in [1.807, 2.05) is 6.92 Å². The second-order valence-corrected chi connectivity index (χ2v) is 4.38. The van der Waals surface area contributed by atoms with Gasteiger partial charge in [0.1, 0.15) is 5.76 Å². The molecule has 1 N–H and O–H groups in total. The Balaban J connectivity index is 2.15. The molecule has 0 spiro atoms. The number of furan rings is 1. The number of nitrogens with one attached hydrogen (secondary N) is 1. The predicted octanol–water partition coefficient (Wildman–Crippen LogP) is 3.03. The molecule has 1 heterocycles. The summed E-state index contributed by atoms with van der Waals surface area (Å²) in [6, 6.07) is 8.60. The van der Waals surface area contributed by atoms with Gasteiger partial charge in [-0.3, -0.25) is 4.79 Å². The van der Waals surface area contributed by atoms with Gasteiger partial charge in [-0.1, -0.05) is 11.6 Å². The lowest BCUT2D eigenvalue weighted by Crippen LogP contribution is -2.13. The third-order valence-electron chi connectivity index (χ3n) is 2.78. The fraction of sp³-hybridized carbons (Fsp3) is 0.125. The van der Waals surface area contributed by atoms with Gasteiger partial charge < -0.3 is 14.5 Å². The monoisotopic (exact) mass is 285 g/mol. The van der Waals surface area contributed by atoms with Crippen molar-refractivity contribution in [2.75, 3.05) is 12.4 Å². The van der Waals surface area contributed by atoms with E-state index in [0.29, 0.717) is 17.0 Å². The second kappa shape index (κ2) is 6.56. The Morgan fingerprint density at radius 1 is 1.29 bits per heavy atom. The van der Waals surface area contributed by atoms with Crippen molar-refractivity contribution in [1.29, 1.82) is 0 Å². The van der Waals surface area contributed by atoms with Crippen LogP contribution in [0.15, 0.2) is 47.1 Å². The van der Waals surface area contributed by atoms with Gasteiger partial charge >= 0.3 is 5.97 Å². The van der Waals surface area contributed by atoms with Gasteiger partial charge in [0.15, 0.2) is 0 Å². The SMILES string of the molecule is COC(=O)c1cc(C)ccc1NC(=O)/C=C/c1ccco1. The molecule has 2 aromatic rings. The number of esters is 1. The molecule has 5 heteroatoms. The first-order valence-electron chi connectivity index (χ1n) is 6.31. The van der Waals surface area contributed by atoms with E-state index in [1.165, 1.54) is 19.4 Å². The van der Waals surface area contributed by atoms with E-state index >= 15 is 0 Å². The number of anilines is 1. The molecule has 2 rings (SSSR count). The highest BCUT2D eigenvalue weighted by atomic mass is 16.5. The highest BCUT2D eigenvalue weighted by Crippen LogP contribution is 2.18. The lowest BCUT2D eigenvalue weighted by atomic mass is 10.1. The van der Waals surface area contributed by atoms with Crippen molar-refractivity contribution in [2.45, 2.75) is 6.92 Å². The summed E-state index contributed by atoms with van der Waals surface area (Å²) >= 11 is 0. The number of carbonyl (C=O) groups excluding carboxylic acids is 2. The van der Waals surface area contributed by atoms with Gasteiger partial charge in [0, 0.05) is 6.08 Å². The zero-order valence-corrected chi connectivity index (χ0v) is 11.8. The van der Waals surface area contributed by atoms with Crippen molar-refractivity contribution in [2.24, 2.45) is 0 Å². The molecule has 0 fully saturated rings. The molecule has 0 bridgehead atoms. The second-order valence-electron chi connectivity index (χ2n) is 4.38. The Morgan fingerprint density at radius 3 is 2.76 bits per heavy atom. The molecule has 0 aliphatic carbocycles. The van der Waals surface area contributed by atoms with E-state index in [0.717, 1.165) is 5.56 Å². The van der Waals surface area contributed by atoms with Crippen LogP contribution in [0.4, 0.5) is 5.69 Å². The molecule has 108 valence electrons. The Morgan fingerprint density at radius 2 is 2.10 bits per heavy atom. The predicted molar refractivity (Wildman–Crippen MR) is 78.9 cm³/mol. The lowest BCUT2D eigenvalue weighted by molar-refractivity contribution is -0.111. The van der Waals surface area contributed by atoms with E-state index in [-0.39, 0.29) is 5.91 Å². The van der Waals surface area contributed by atoms with Crippen molar-refractivity contribution >= 4 is 23.6 Å². The van der Waals surface area contributed by atoms with Crippen molar-refractivity contribution in [3.05, 3.63) is 59.6 Å². The summed E-state index contributed by atoms with van der Waals surface area (Å²) in [5.74, 6) is -0.285. The topological polar surface area (TPSA) is 68.5 Å². The van der Waals surface area contributed by atoms with Crippen LogP contribution in [0.5, 0.6) is 0 Å². The molecule has 0 aliphatic heterocycles. The number of aryl methyl sites for hydroxylation is 1. The molecule has 21 heavy (non-hydrogen) atoms. The summed E-state index contributed by atoms with van der Waals surface area (Å²) in [5.41, 5.74) is 1.62. The fourth-order valence-electron chi connectivity index (χ4n) is 1.76. The smallest absolute Gasteiger partial charge is 0.339 e. The normalized spacial score (nSPS) is 10.6. The molecule has 0 aliphatic rings. The van der Waals surface area contributed by atoms with Crippen LogP contribution in [0.25, 0.3) is 6.08 Å². The third kappa shape index (κ3) is 3.82. The van der Waals surface area contributed by atoms with Crippen LogP contribution in [-0.2, 0) is 9.53 Å². The largest absolute Gasteiger partial charge is 0.465 e. The first-order chi connectivity index (χ1) is 10.1. The molecule has 0 radical (unpaired) electrons. The Bertz CT molecular complexity index is 672. The number of carbonyl (C=O) groups is 2. The molecular formula is C16H15NO4. The van der Waals surface area contributed by atoms with Gasteiger partial charge in [0.25, 0.3) is 0 Å². The van der Waals surface area contributed by atoms with Crippen LogP contribution in [-0.4, -0.2) is 19.0 Å². The third-order valence-corrected chi connectivity index (χ3v) is 2.78. The van der Waals surface area contributed by atoms with Gasteiger partial charge in [0.05, 0.1) is 24.6 Å². The Kier molecular flexibility index (Phi) is 4.56. The molecule has 0 saturated carbocycles. The number of hydrogen-bond acceptors (Lipinski definition) is 4. The molecule has 0 atom stereocenters. The van der Waals surface area contributed by atoms with E-state index in [2.05, 4.69) is 5.32 Å². The van der Waals surface area contributed by atoms with E-state index < -0.39 is 5.97 Å². The molecule has 1 aromatic carbocycles. The van der Waals surface area contributed by atoms with Crippen molar-refractivity contribution in [3.8, 4) is 0 Å². The quantitative estimate of drug-likeness (QED) is 0.692. The van der Waals surface area contributed by atoms with Gasteiger partial charge in [-0.2, -0.15) is 0 Å². The van der Waals surface area contributed by atoms with Crippen molar-refractivity contribution < 1.29 is 18.7 Å². The number of methoxy groups -OCH3 is 1. The molecule has 1 amide bonds. The summed E-state index contributed by atoms with van der Waals surface area (Å²) in [7, 11) is 1.30. The Hall–Kier alpha value is -2.82. The number of benzene rings is 1. The van der Waals surface area contributed by atoms with Gasteiger partial charge in [-0.15, -0.1) is 0 Å². The minimum atomic E-state index is -0.496.